The Labute approximate surface area is 119 Å². The number of nitrogens with one attached hydrogen (secondary N) is 1. The van der Waals surface area contributed by atoms with Crippen LogP contribution in [0.5, 0.6) is 0 Å². The minimum absolute atomic E-state index is 0.756. The van der Waals surface area contributed by atoms with E-state index in [1.165, 1.54) is 0 Å². The molecule has 102 valence electrons. The van der Waals surface area contributed by atoms with E-state index in [0.29, 0.717) is 0 Å². The van der Waals surface area contributed by atoms with Gasteiger partial charge in [-0.3, -0.25) is 4.90 Å². The average Bonchev–Trinajstić information content (AvgIpc) is 2.77. The van der Waals surface area contributed by atoms with Crippen LogP contribution in [0.4, 0.5) is 5.69 Å². The highest BCUT2D eigenvalue weighted by Gasteiger charge is 2.04. The van der Waals surface area contributed by atoms with Crippen LogP contribution < -0.4 is 5.32 Å². The van der Waals surface area contributed by atoms with E-state index in [1.54, 1.807) is 0 Å². The first-order valence-electron chi connectivity index (χ1n) is 6.37. The molecule has 0 aliphatic heterocycles. The van der Waals surface area contributed by atoms with Gasteiger partial charge in [-0.15, -0.1) is 0 Å². The van der Waals surface area contributed by atoms with Crippen LogP contribution >= 0.6 is 11.6 Å². The number of anilines is 1. The third-order valence-electron chi connectivity index (χ3n) is 2.90. The molecule has 0 unspecified atom stereocenters. The number of rotatable bonds is 6. The Morgan fingerprint density at radius 1 is 1.21 bits per heavy atom. The first kappa shape index (κ1) is 14.0. The summed E-state index contributed by atoms with van der Waals surface area (Å²) < 4.78 is 5.55. The Morgan fingerprint density at radius 2 is 2.00 bits per heavy atom. The summed E-state index contributed by atoms with van der Waals surface area (Å²) in [6, 6.07) is 11.8. The van der Waals surface area contributed by atoms with Crippen LogP contribution in [0, 0.1) is 6.92 Å². The molecule has 2 aromatic rings. The highest BCUT2D eigenvalue weighted by atomic mass is 35.5. The number of halogens is 1. The van der Waals surface area contributed by atoms with E-state index >= 15 is 0 Å². The summed E-state index contributed by atoms with van der Waals surface area (Å²) in [4.78, 5) is 2.21. The van der Waals surface area contributed by atoms with Gasteiger partial charge in [0, 0.05) is 13.1 Å². The van der Waals surface area contributed by atoms with Gasteiger partial charge >= 0.3 is 0 Å². The molecule has 4 heteroatoms. The van der Waals surface area contributed by atoms with E-state index in [4.69, 9.17) is 16.0 Å². The van der Waals surface area contributed by atoms with Crippen molar-refractivity contribution in [1.29, 1.82) is 0 Å². The standard InChI is InChI=1S/C15H19ClN2O/c1-12-7-8-13(19-12)11-18(2)10-9-17-15-6-4-3-5-14(15)16/h3-8,17H,9-11H2,1-2H3. The molecule has 0 amide bonds. The normalized spacial score (nSPS) is 10.9. The lowest BCUT2D eigenvalue weighted by atomic mass is 10.3. The van der Waals surface area contributed by atoms with E-state index in [-0.39, 0.29) is 0 Å². The van der Waals surface area contributed by atoms with E-state index in [1.807, 2.05) is 43.3 Å². The van der Waals surface area contributed by atoms with Crippen molar-refractivity contribution < 1.29 is 4.42 Å². The van der Waals surface area contributed by atoms with Gasteiger partial charge in [-0.05, 0) is 38.2 Å². The maximum Gasteiger partial charge on any atom is 0.118 e. The van der Waals surface area contributed by atoms with Crippen LogP contribution in [-0.4, -0.2) is 25.0 Å². The number of aryl methyl sites for hydroxylation is 1. The highest BCUT2D eigenvalue weighted by molar-refractivity contribution is 6.33. The molecule has 0 saturated carbocycles. The van der Waals surface area contributed by atoms with Gasteiger partial charge in [-0.2, -0.15) is 0 Å². The molecule has 0 aliphatic carbocycles. The Kier molecular flexibility index (Phi) is 4.88. The molecule has 0 aliphatic rings. The number of nitrogens with zero attached hydrogens (tertiary/aromatic N) is 1. The summed E-state index contributed by atoms with van der Waals surface area (Å²) >= 11 is 6.08. The summed E-state index contributed by atoms with van der Waals surface area (Å²) in [5, 5.41) is 4.09. The monoisotopic (exact) mass is 278 g/mol. The summed E-state index contributed by atoms with van der Waals surface area (Å²) in [6.45, 7) is 4.55. The third-order valence-corrected chi connectivity index (χ3v) is 3.23. The Bertz CT molecular complexity index is 524. The smallest absolute Gasteiger partial charge is 0.118 e. The van der Waals surface area contributed by atoms with Crippen LogP contribution in [0.15, 0.2) is 40.8 Å². The lowest BCUT2D eigenvalue weighted by molar-refractivity contribution is 0.302. The number of hydrogen-bond acceptors (Lipinski definition) is 3. The quantitative estimate of drug-likeness (QED) is 0.871. The Balaban J connectivity index is 1.75. The summed E-state index contributed by atoms with van der Waals surface area (Å²) in [5.74, 6) is 1.95. The van der Waals surface area contributed by atoms with Crippen molar-refractivity contribution in [3.8, 4) is 0 Å². The van der Waals surface area contributed by atoms with Gasteiger partial charge in [0.2, 0.25) is 0 Å². The predicted octanol–water partition coefficient (Wildman–Crippen LogP) is 3.79. The van der Waals surface area contributed by atoms with Crippen molar-refractivity contribution in [3.63, 3.8) is 0 Å². The number of hydrogen-bond donors (Lipinski definition) is 1. The molecule has 0 fully saturated rings. The zero-order valence-corrected chi connectivity index (χ0v) is 12.1. The topological polar surface area (TPSA) is 28.4 Å². The van der Waals surface area contributed by atoms with E-state index in [9.17, 15) is 0 Å². The van der Waals surface area contributed by atoms with Crippen LogP contribution in [-0.2, 0) is 6.54 Å². The van der Waals surface area contributed by atoms with Gasteiger partial charge in [0.05, 0.1) is 17.3 Å². The van der Waals surface area contributed by atoms with Crippen molar-refractivity contribution in [2.45, 2.75) is 13.5 Å². The number of benzene rings is 1. The minimum atomic E-state index is 0.756. The molecule has 1 heterocycles. The second-order valence-electron chi connectivity index (χ2n) is 4.66. The second kappa shape index (κ2) is 6.64. The lowest BCUT2D eigenvalue weighted by Gasteiger charge is -2.16. The fourth-order valence-corrected chi connectivity index (χ4v) is 2.10. The molecule has 0 spiro atoms. The summed E-state index contributed by atoms with van der Waals surface area (Å²) in [6.07, 6.45) is 0. The first-order chi connectivity index (χ1) is 9.15. The zero-order valence-electron chi connectivity index (χ0n) is 11.3. The maximum absolute atomic E-state index is 6.08. The molecular weight excluding hydrogens is 260 g/mol. The summed E-state index contributed by atoms with van der Waals surface area (Å²) in [5.41, 5.74) is 0.978. The van der Waals surface area contributed by atoms with Crippen LogP contribution in [0.3, 0.4) is 0 Å². The van der Waals surface area contributed by atoms with Gasteiger partial charge < -0.3 is 9.73 Å². The molecule has 0 bridgehead atoms. The third kappa shape index (κ3) is 4.30. The molecule has 19 heavy (non-hydrogen) atoms. The van der Waals surface area contributed by atoms with Crippen molar-refractivity contribution in [2.24, 2.45) is 0 Å². The predicted molar refractivity (Wildman–Crippen MR) is 79.7 cm³/mol. The Hall–Kier alpha value is -1.45. The van der Waals surface area contributed by atoms with Crippen LogP contribution in [0.1, 0.15) is 11.5 Å². The average molecular weight is 279 g/mol. The first-order valence-corrected chi connectivity index (χ1v) is 6.75. The largest absolute Gasteiger partial charge is 0.465 e. The lowest BCUT2D eigenvalue weighted by Crippen LogP contribution is -2.24. The van der Waals surface area contributed by atoms with E-state index in [0.717, 1.165) is 41.9 Å². The van der Waals surface area contributed by atoms with Gasteiger partial charge in [0.25, 0.3) is 0 Å². The molecule has 1 aromatic heterocycles. The minimum Gasteiger partial charge on any atom is -0.465 e. The highest BCUT2D eigenvalue weighted by Crippen LogP contribution is 2.19. The number of likely N-dealkylation sites (N-methyl/N-ethyl adjacent to an activating group) is 1. The Morgan fingerprint density at radius 3 is 2.68 bits per heavy atom. The van der Waals surface area contributed by atoms with Crippen molar-refractivity contribution in [3.05, 3.63) is 52.9 Å². The fraction of sp³-hybridized carbons (Fsp3) is 0.333. The van der Waals surface area contributed by atoms with Crippen molar-refractivity contribution >= 4 is 17.3 Å². The molecule has 3 nitrogen and oxygen atoms in total. The van der Waals surface area contributed by atoms with E-state index < -0.39 is 0 Å². The van der Waals surface area contributed by atoms with Gasteiger partial charge in [0.15, 0.2) is 0 Å². The van der Waals surface area contributed by atoms with Gasteiger partial charge in [-0.1, -0.05) is 23.7 Å². The van der Waals surface area contributed by atoms with Gasteiger partial charge in [-0.25, -0.2) is 0 Å². The molecule has 0 radical (unpaired) electrons. The van der Waals surface area contributed by atoms with Crippen molar-refractivity contribution in [1.82, 2.24) is 4.90 Å². The fourth-order valence-electron chi connectivity index (χ4n) is 1.90. The molecule has 0 atom stereocenters. The maximum atomic E-state index is 6.08. The number of para-hydroxylation sites is 1. The molecule has 1 N–H and O–H groups in total. The molecule has 2 rings (SSSR count). The molecule has 0 saturated heterocycles. The van der Waals surface area contributed by atoms with Crippen molar-refractivity contribution in [2.75, 3.05) is 25.5 Å². The van der Waals surface area contributed by atoms with Gasteiger partial charge in [0.1, 0.15) is 11.5 Å². The zero-order chi connectivity index (χ0) is 13.7. The number of furan rings is 1. The van der Waals surface area contributed by atoms with Crippen LogP contribution in [0.25, 0.3) is 0 Å². The SMILES string of the molecule is Cc1ccc(CN(C)CCNc2ccccc2Cl)o1. The summed E-state index contributed by atoms with van der Waals surface area (Å²) in [7, 11) is 2.08. The molecule has 1 aromatic carbocycles. The van der Waals surface area contributed by atoms with E-state index in [2.05, 4.69) is 17.3 Å². The van der Waals surface area contributed by atoms with Crippen LogP contribution in [0.2, 0.25) is 5.02 Å². The molecular formula is C15H19ClN2O. The second-order valence-corrected chi connectivity index (χ2v) is 5.06.